The maximum absolute atomic E-state index is 11.9. The summed E-state index contributed by atoms with van der Waals surface area (Å²) < 4.78 is 0. The Hall–Kier alpha value is -2.33. The van der Waals surface area contributed by atoms with Gasteiger partial charge in [0, 0.05) is 5.56 Å². The Morgan fingerprint density at radius 1 is 1.16 bits per heavy atom. The van der Waals surface area contributed by atoms with Gasteiger partial charge >= 0.3 is 0 Å². The Kier molecular flexibility index (Phi) is 2.72. The molecule has 0 aliphatic rings. The van der Waals surface area contributed by atoms with Crippen molar-refractivity contribution in [1.29, 1.82) is 0 Å². The molecular weight excluding hydrogens is 262 g/mol. The number of aromatic nitrogens is 2. The number of nitrogens with zero attached hydrogens (tertiary/aromatic N) is 1. The van der Waals surface area contributed by atoms with Gasteiger partial charge in [0.05, 0.1) is 21.6 Å². The molecule has 5 heteroatoms. The highest BCUT2D eigenvalue weighted by Crippen LogP contribution is 2.25. The van der Waals surface area contributed by atoms with Crippen molar-refractivity contribution in [3.63, 3.8) is 0 Å². The lowest BCUT2D eigenvalue weighted by molar-refractivity contribution is 1.18. The molecule has 3 N–H and O–H groups in total. The number of nitrogen functional groups attached to an aromatic ring is 1. The summed E-state index contributed by atoms with van der Waals surface area (Å²) in [7, 11) is 0. The number of aromatic amines is 1. The zero-order valence-corrected chi connectivity index (χ0v) is 10.6. The van der Waals surface area contributed by atoms with Gasteiger partial charge in [-0.25, -0.2) is 0 Å². The van der Waals surface area contributed by atoms with E-state index in [-0.39, 0.29) is 5.56 Å². The number of halogens is 1. The molecule has 2 aromatic carbocycles. The van der Waals surface area contributed by atoms with Gasteiger partial charge in [-0.05, 0) is 30.3 Å². The van der Waals surface area contributed by atoms with Gasteiger partial charge in [0.25, 0.3) is 5.56 Å². The first kappa shape index (κ1) is 11.7. The molecule has 0 bridgehead atoms. The second-order valence-electron chi connectivity index (χ2n) is 4.17. The third-order valence-electron chi connectivity index (χ3n) is 2.90. The molecule has 0 saturated carbocycles. The van der Waals surface area contributed by atoms with Crippen molar-refractivity contribution in [2.24, 2.45) is 0 Å². The van der Waals surface area contributed by atoms with Crippen molar-refractivity contribution in [1.82, 2.24) is 9.97 Å². The number of H-pyrrole nitrogens is 1. The topological polar surface area (TPSA) is 71.8 Å². The lowest BCUT2D eigenvalue weighted by Gasteiger charge is -2.05. The lowest BCUT2D eigenvalue weighted by atomic mass is 10.2. The molecule has 3 aromatic rings. The number of fused-ring (bicyclic) bond motifs is 1. The maximum atomic E-state index is 11.9. The summed E-state index contributed by atoms with van der Waals surface area (Å²) in [6.45, 7) is 0. The van der Waals surface area contributed by atoms with Gasteiger partial charge in [0.2, 0.25) is 0 Å². The van der Waals surface area contributed by atoms with E-state index in [0.29, 0.717) is 21.9 Å². The first-order chi connectivity index (χ1) is 9.15. The van der Waals surface area contributed by atoms with Crippen LogP contribution < -0.4 is 11.3 Å². The average molecular weight is 272 g/mol. The van der Waals surface area contributed by atoms with Crippen LogP contribution in [0, 0.1) is 0 Å². The van der Waals surface area contributed by atoms with Gasteiger partial charge in [-0.2, -0.15) is 4.98 Å². The van der Waals surface area contributed by atoms with Crippen LogP contribution in [0.2, 0.25) is 5.02 Å². The van der Waals surface area contributed by atoms with Crippen molar-refractivity contribution >= 4 is 28.2 Å². The molecule has 0 radical (unpaired) electrons. The molecular formula is C14H10ClN3O. The smallest absolute Gasteiger partial charge is 0.281 e. The number of hydrogen-bond donors (Lipinski definition) is 2. The van der Waals surface area contributed by atoms with Crippen molar-refractivity contribution in [2.75, 3.05) is 5.73 Å². The van der Waals surface area contributed by atoms with Gasteiger partial charge in [0.1, 0.15) is 5.82 Å². The van der Waals surface area contributed by atoms with Gasteiger partial charge in [-0.15, -0.1) is 0 Å². The third kappa shape index (κ3) is 2.06. The number of nitrogens with one attached hydrogen (secondary N) is 1. The van der Waals surface area contributed by atoms with E-state index in [0.717, 1.165) is 11.1 Å². The Balaban J connectivity index is 2.25. The molecule has 0 aliphatic carbocycles. The Labute approximate surface area is 113 Å². The molecule has 0 saturated heterocycles. The second kappa shape index (κ2) is 4.40. The Morgan fingerprint density at radius 2 is 1.95 bits per heavy atom. The number of nitrogens with two attached hydrogens (primary N) is 1. The summed E-state index contributed by atoms with van der Waals surface area (Å²) in [5, 5.41) is 1.00. The third-order valence-corrected chi connectivity index (χ3v) is 3.23. The molecule has 3 rings (SSSR count). The summed E-state index contributed by atoms with van der Waals surface area (Å²) in [5.41, 5.74) is 7.36. The fraction of sp³-hybridized carbons (Fsp3) is 0. The number of anilines is 1. The summed E-state index contributed by atoms with van der Waals surface area (Å²) in [6, 6.07) is 12.4. The molecule has 1 aromatic heterocycles. The predicted molar refractivity (Wildman–Crippen MR) is 77.2 cm³/mol. The van der Waals surface area contributed by atoms with E-state index in [2.05, 4.69) is 9.97 Å². The standard InChI is InChI=1S/C14H10ClN3O/c15-10-7-8(5-6-11(10)16)13-17-12-4-2-1-3-9(12)14(19)18-13/h1-7H,16H2,(H,17,18,19). The van der Waals surface area contributed by atoms with E-state index in [1.165, 1.54) is 0 Å². The first-order valence-electron chi connectivity index (χ1n) is 5.69. The zero-order chi connectivity index (χ0) is 13.4. The zero-order valence-electron chi connectivity index (χ0n) is 9.85. The summed E-state index contributed by atoms with van der Waals surface area (Å²) in [6.07, 6.45) is 0. The lowest BCUT2D eigenvalue weighted by Crippen LogP contribution is -2.09. The van der Waals surface area contributed by atoms with Crippen LogP contribution in [-0.2, 0) is 0 Å². The Morgan fingerprint density at radius 3 is 2.74 bits per heavy atom. The molecule has 4 nitrogen and oxygen atoms in total. The number of para-hydroxylation sites is 1. The molecule has 0 fully saturated rings. The van der Waals surface area contributed by atoms with Gasteiger partial charge in [0.15, 0.2) is 0 Å². The largest absolute Gasteiger partial charge is 0.398 e. The average Bonchev–Trinajstić information content (AvgIpc) is 2.42. The van der Waals surface area contributed by atoms with Crippen molar-refractivity contribution in [3.8, 4) is 11.4 Å². The minimum atomic E-state index is -0.266. The highest BCUT2D eigenvalue weighted by molar-refractivity contribution is 6.33. The minimum absolute atomic E-state index is 0.266. The van der Waals surface area contributed by atoms with Crippen LogP contribution in [-0.4, -0.2) is 9.97 Å². The molecule has 19 heavy (non-hydrogen) atoms. The summed E-state index contributed by atoms with van der Waals surface area (Å²) in [5.74, 6) is 0.477. The molecule has 0 amide bonds. The molecule has 0 atom stereocenters. The van der Waals surface area contributed by atoms with E-state index in [1.54, 1.807) is 30.3 Å². The summed E-state index contributed by atoms with van der Waals surface area (Å²) >= 11 is 5.98. The second-order valence-corrected chi connectivity index (χ2v) is 4.58. The number of rotatable bonds is 1. The van der Waals surface area contributed by atoms with E-state index < -0.39 is 0 Å². The van der Waals surface area contributed by atoms with Gasteiger partial charge in [-0.1, -0.05) is 23.7 Å². The van der Waals surface area contributed by atoms with E-state index in [4.69, 9.17) is 17.3 Å². The van der Waals surface area contributed by atoms with E-state index >= 15 is 0 Å². The fourth-order valence-corrected chi connectivity index (χ4v) is 2.09. The maximum Gasteiger partial charge on any atom is 0.281 e. The number of benzene rings is 2. The van der Waals surface area contributed by atoms with Gasteiger partial charge < -0.3 is 10.7 Å². The quantitative estimate of drug-likeness (QED) is 0.669. The predicted octanol–water partition coefficient (Wildman–Crippen LogP) is 2.83. The molecule has 0 aliphatic heterocycles. The van der Waals surface area contributed by atoms with Crippen molar-refractivity contribution in [3.05, 3.63) is 57.8 Å². The van der Waals surface area contributed by atoms with Crippen LogP contribution in [0.25, 0.3) is 22.3 Å². The van der Waals surface area contributed by atoms with Crippen LogP contribution in [0.15, 0.2) is 47.3 Å². The highest BCUT2D eigenvalue weighted by Gasteiger charge is 2.07. The monoisotopic (exact) mass is 271 g/mol. The fourth-order valence-electron chi connectivity index (χ4n) is 1.91. The van der Waals surface area contributed by atoms with Crippen LogP contribution in [0.5, 0.6) is 0 Å². The van der Waals surface area contributed by atoms with E-state index in [9.17, 15) is 4.79 Å². The van der Waals surface area contributed by atoms with Crippen LogP contribution >= 0.6 is 11.6 Å². The van der Waals surface area contributed by atoms with Gasteiger partial charge in [-0.3, -0.25) is 4.79 Å². The Bertz CT molecular complexity index is 826. The molecule has 0 unspecified atom stereocenters. The molecule has 94 valence electrons. The highest BCUT2D eigenvalue weighted by atomic mass is 35.5. The summed E-state index contributed by atoms with van der Waals surface area (Å²) in [4.78, 5) is 19.1. The van der Waals surface area contributed by atoms with E-state index in [1.807, 2.05) is 12.1 Å². The first-order valence-corrected chi connectivity index (χ1v) is 6.07. The normalized spacial score (nSPS) is 10.8. The molecule has 1 heterocycles. The van der Waals surface area contributed by atoms with Crippen LogP contribution in [0.3, 0.4) is 0 Å². The van der Waals surface area contributed by atoms with Crippen LogP contribution in [0.4, 0.5) is 5.69 Å². The van der Waals surface area contributed by atoms with Crippen molar-refractivity contribution < 1.29 is 0 Å². The minimum Gasteiger partial charge on any atom is -0.398 e. The SMILES string of the molecule is Nc1ccc(-c2nc(=O)c3ccccc3[nH]2)cc1Cl. The van der Waals surface area contributed by atoms with Crippen LogP contribution in [0.1, 0.15) is 0 Å². The molecule has 0 spiro atoms. The number of hydrogen-bond acceptors (Lipinski definition) is 3. The van der Waals surface area contributed by atoms with Crippen molar-refractivity contribution in [2.45, 2.75) is 0 Å².